The highest BCUT2D eigenvalue weighted by molar-refractivity contribution is 5.83. The Morgan fingerprint density at radius 2 is 1.74 bits per heavy atom. The van der Waals surface area contributed by atoms with E-state index in [2.05, 4.69) is 5.10 Å². The lowest BCUT2D eigenvalue weighted by molar-refractivity contribution is -0.137. The maximum Gasteiger partial charge on any atom is 0.417 e. The van der Waals surface area contributed by atoms with Gasteiger partial charge in [-0.25, -0.2) is 4.98 Å². The molecule has 0 saturated carbocycles. The zero-order valence-electron chi connectivity index (χ0n) is 19.7. The molecule has 0 aliphatic rings. The molecule has 1 aromatic heterocycles. The van der Waals surface area contributed by atoms with Crippen LogP contribution in [0.15, 0.2) is 70.6 Å². The summed E-state index contributed by atoms with van der Waals surface area (Å²) in [6, 6.07) is 15.6. The Balaban J connectivity index is 2.00. The van der Waals surface area contributed by atoms with Gasteiger partial charge in [-0.15, -0.1) is 0 Å². The van der Waals surface area contributed by atoms with Gasteiger partial charge < -0.3 is 4.74 Å². The third-order valence-electron chi connectivity index (χ3n) is 5.77. The second-order valence-electron chi connectivity index (χ2n) is 8.46. The molecule has 3 aromatic carbocycles. The number of methoxy groups -OCH3 is 1. The number of aromatic nitrogens is 2. The fourth-order valence-electron chi connectivity index (χ4n) is 3.96. The molecular formula is C27H24F3N3O2. The highest BCUT2D eigenvalue weighted by Crippen LogP contribution is 2.34. The van der Waals surface area contributed by atoms with E-state index >= 15 is 0 Å². The summed E-state index contributed by atoms with van der Waals surface area (Å²) in [6.07, 6.45) is -3.51. The van der Waals surface area contributed by atoms with E-state index in [-0.39, 0.29) is 17.3 Å². The molecule has 4 rings (SSSR count). The molecule has 0 atom stereocenters. The number of ether oxygens (including phenoxy) is 1. The predicted molar refractivity (Wildman–Crippen MR) is 131 cm³/mol. The van der Waals surface area contributed by atoms with Crippen molar-refractivity contribution in [1.29, 1.82) is 0 Å². The van der Waals surface area contributed by atoms with Crippen LogP contribution in [0, 0.1) is 6.92 Å². The maximum atomic E-state index is 13.5. The monoisotopic (exact) mass is 479 g/mol. The van der Waals surface area contributed by atoms with Crippen molar-refractivity contribution in [3.63, 3.8) is 0 Å². The fourth-order valence-corrected chi connectivity index (χ4v) is 3.96. The molecule has 4 aromatic rings. The molecular weight excluding hydrogens is 455 g/mol. The third-order valence-corrected chi connectivity index (χ3v) is 5.77. The quantitative estimate of drug-likeness (QED) is 0.311. The molecule has 0 fully saturated rings. The second kappa shape index (κ2) is 9.37. The molecule has 1 heterocycles. The molecule has 8 heteroatoms. The second-order valence-corrected chi connectivity index (χ2v) is 8.46. The van der Waals surface area contributed by atoms with Gasteiger partial charge in [0.25, 0.3) is 5.56 Å². The highest BCUT2D eigenvalue weighted by atomic mass is 19.4. The molecule has 5 nitrogen and oxygen atoms in total. The molecule has 35 heavy (non-hydrogen) atoms. The van der Waals surface area contributed by atoms with Crippen LogP contribution in [0.3, 0.4) is 0 Å². The van der Waals surface area contributed by atoms with E-state index < -0.39 is 17.3 Å². The summed E-state index contributed by atoms with van der Waals surface area (Å²) in [6.45, 7) is 5.89. The van der Waals surface area contributed by atoms with Gasteiger partial charge in [0, 0.05) is 11.1 Å². The van der Waals surface area contributed by atoms with E-state index in [4.69, 9.17) is 9.72 Å². The van der Waals surface area contributed by atoms with Crippen molar-refractivity contribution in [1.82, 2.24) is 9.66 Å². The van der Waals surface area contributed by atoms with Crippen molar-refractivity contribution in [2.75, 3.05) is 7.11 Å². The van der Waals surface area contributed by atoms with Crippen LogP contribution >= 0.6 is 0 Å². The number of hydrogen-bond acceptors (Lipinski definition) is 4. The standard InChI is InChI=1S/C27H24F3N3O2/c1-16(2)20-14-21(17(3)13-24(20)35-4)25-32-23-12-8-6-10-19(23)26(34)33(25)31-15-18-9-5-7-11-22(18)27(28,29)30/h5-16H,1-4H3. The van der Waals surface area contributed by atoms with Gasteiger partial charge in [0.1, 0.15) is 5.75 Å². The van der Waals surface area contributed by atoms with Crippen molar-refractivity contribution in [3.05, 3.63) is 93.3 Å². The van der Waals surface area contributed by atoms with Crippen LogP contribution in [0.1, 0.15) is 42.0 Å². The van der Waals surface area contributed by atoms with E-state index in [1.165, 1.54) is 18.2 Å². The summed E-state index contributed by atoms with van der Waals surface area (Å²) >= 11 is 0. The van der Waals surface area contributed by atoms with Crippen molar-refractivity contribution < 1.29 is 17.9 Å². The number of aryl methyl sites for hydroxylation is 1. The molecule has 0 N–H and O–H groups in total. The first-order chi connectivity index (χ1) is 16.6. The van der Waals surface area contributed by atoms with Crippen LogP contribution in [0.25, 0.3) is 22.3 Å². The van der Waals surface area contributed by atoms with Gasteiger partial charge >= 0.3 is 6.18 Å². The van der Waals surface area contributed by atoms with Gasteiger partial charge in [0.05, 0.1) is 29.8 Å². The van der Waals surface area contributed by atoms with E-state index in [0.717, 1.165) is 28.1 Å². The summed E-state index contributed by atoms with van der Waals surface area (Å²) in [5.74, 6) is 1.06. The Bertz CT molecular complexity index is 1490. The third kappa shape index (κ3) is 4.69. The zero-order valence-corrected chi connectivity index (χ0v) is 19.7. The number of halogens is 3. The van der Waals surface area contributed by atoms with Gasteiger partial charge in [0.2, 0.25) is 0 Å². The van der Waals surface area contributed by atoms with Crippen molar-refractivity contribution >= 4 is 17.1 Å². The Morgan fingerprint density at radius 3 is 2.43 bits per heavy atom. The summed E-state index contributed by atoms with van der Waals surface area (Å²) in [5.41, 5.74) is 1.33. The average Bonchev–Trinajstić information content (AvgIpc) is 2.82. The van der Waals surface area contributed by atoms with Crippen LogP contribution < -0.4 is 10.3 Å². The number of para-hydroxylation sites is 1. The number of benzene rings is 3. The highest BCUT2D eigenvalue weighted by Gasteiger charge is 2.32. The molecule has 0 aliphatic heterocycles. The first-order valence-electron chi connectivity index (χ1n) is 11.0. The number of hydrogen-bond donors (Lipinski definition) is 0. The Kier molecular flexibility index (Phi) is 6.47. The SMILES string of the molecule is COc1cc(C)c(-c2nc3ccccc3c(=O)n2N=Cc2ccccc2C(F)(F)F)cc1C(C)C. The smallest absolute Gasteiger partial charge is 0.417 e. The summed E-state index contributed by atoms with van der Waals surface area (Å²) in [5, 5.41) is 4.53. The normalized spacial score (nSPS) is 12.1. The van der Waals surface area contributed by atoms with Gasteiger partial charge in [0.15, 0.2) is 5.82 Å². The molecule has 0 spiro atoms. The number of fused-ring (bicyclic) bond motifs is 1. The largest absolute Gasteiger partial charge is 0.496 e. The van der Waals surface area contributed by atoms with Crippen LogP contribution in [0.5, 0.6) is 5.75 Å². The fraction of sp³-hybridized carbons (Fsp3) is 0.222. The van der Waals surface area contributed by atoms with Gasteiger partial charge in [-0.2, -0.15) is 22.9 Å². The van der Waals surface area contributed by atoms with E-state index in [9.17, 15) is 18.0 Å². The van der Waals surface area contributed by atoms with E-state index in [1.807, 2.05) is 32.9 Å². The molecule has 0 radical (unpaired) electrons. The molecule has 0 bridgehead atoms. The lowest BCUT2D eigenvalue weighted by Gasteiger charge is -2.17. The van der Waals surface area contributed by atoms with Crippen molar-refractivity contribution in [2.45, 2.75) is 32.9 Å². The number of nitrogens with zero attached hydrogens (tertiary/aromatic N) is 3. The van der Waals surface area contributed by atoms with E-state index in [0.29, 0.717) is 22.2 Å². The molecule has 0 amide bonds. The van der Waals surface area contributed by atoms with Gasteiger partial charge in [-0.1, -0.05) is 44.2 Å². The topological polar surface area (TPSA) is 56.5 Å². The Hall–Kier alpha value is -3.94. The van der Waals surface area contributed by atoms with Gasteiger partial charge in [-0.05, 0) is 54.3 Å². The summed E-state index contributed by atoms with van der Waals surface area (Å²) in [4.78, 5) is 18.1. The van der Waals surface area contributed by atoms with Crippen molar-refractivity contribution in [3.8, 4) is 17.1 Å². The number of alkyl halides is 3. The number of rotatable bonds is 5. The maximum absolute atomic E-state index is 13.5. The first-order valence-corrected chi connectivity index (χ1v) is 11.0. The van der Waals surface area contributed by atoms with Gasteiger partial charge in [-0.3, -0.25) is 4.79 Å². The van der Waals surface area contributed by atoms with E-state index in [1.54, 1.807) is 31.4 Å². The molecule has 180 valence electrons. The molecule has 0 saturated heterocycles. The van der Waals surface area contributed by atoms with Crippen LogP contribution in [0.4, 0.5) is 13.2 Å². The first kappa shape index (κ1) is 24.2. The minimum atomic E-state index is -4.56. The zero-order chi connectivity index (χ0) is 25.3. The Labute approximate surface area is 200 Å². The lowest BCUT2D eigenvalue weighted by atomic mass is 9.96. The summed E-state index contributed by atoms with van der Waals surface area (Å²) in [7, 11) is 1.59. The Morgan fingerprint density at radius 1 is 1.06 bits per heavy atom. The molecule has 0 aliphatic carbocycles. The lowest BCUT2D eigenvalue weighted by Crippen LogP contribution is -2.21. The average molecular weight is 480 g/mol. The van der Waals surface area contributed by atoms with Crippen LogP contribution in [-0.4, -0.2) is 23.0 Å². The minimum Gasteiger partial charge on any atom is -0.496 e. The van der Waals surface area contributed by atoms with Crippen LogP contribution in [-0.2, 0) is 6.18 Å². The minimum absolute atomic E-state index is 0.118. The molecule has 0 unspecified atom stereocenters. The van der Waals surface area contributed by atoms with Crippen LogP contribution in [0.2, 0.25) is 0 Å². The van der Waals surface area contributed by atoms with Crippen molar-refractivity contribution in [2.24, 2.45) is 5.10 Å². The summed E-state index contributed by atoms with van der Waals surface area (Å²) < 4.78 is 47.1. The predicted octanol–water partition coefficient (Wildman–Crippen LogP) is 6.40.